The molecule has 2 saturated carbocycles. The van der Waals surface area contributed by atoms with E-state index in [4.69, 9.17) is 5.73 Å². The van der Waals surface area contributed by atoms with Crippen LogP contribution in [-0.2, 0) is 0 Å². The number of nitrogens with two attached hydrogens (primary N) is 1. The second-order valence-electron chi connectivity index (χ2n) is 6.67. The molecule has 2 aliphatic carbocycles. The second-order valence-corrected chi connectivity index (χ2v) is 7.69. The summed E-state index contributed by atoms with van der Waals surface area (Å²) in [6.07, 6.45) is 5.25. The van der Waals surface area contributed by atoms with Crippen LogP contribution in [0.4, 0.5) is 10.7 Å². The fraction of sp³-hybridized carbons (Fsp3) is 0.625. The highest BCUT2D eigenvalue weighted by molar-refractivity contribution is 7.19. The van der Waals surface area contributed by atoms with Crippen LogP contribution in [0.3, 0.4) is 0 Å². The maximum absolute atomic E-state index is 12.2. The van der Waals surface area contributed by atoms with Crippen molar-refractivity contribution in [3.8, 4) is 6.07 Å². The van der Waals surface area contributed by atoms with Crippen molar-refractivity contribution in [2.75, 3.05) is 17.6 Å². The van der Waals surface area contributed by atoms with Gasteiger partial charge in [0.25, 0.3) is 0 Å². The standard InChI is InChI=1S/C16H21N3OS/c1-9(2)13(20)14-12(18)11(7-17)15(21-14)19-8-16(5-6-16)10-3-4-10/h9-10,19H,3-6,8,18H2,1-2H3. The highest BCUT2D eigenvalue weighted by Crippen LogP contribution is 2.61. The minimum atomic E-state index is -0.105. The van der Waals surface area contributed by atoms with Crippen molar-refractivity contribution in [2.24, 2.45) is 17.3 Å². The number of hydrogen-bond acceptors (Lipinski definition) is 5. The molecule has 4 nitrogen and oxygen atoms in total. The minimum absolute atomic E-state index is 0.0189. The van der Waals surface area contributed by atoms with Crippen LogP contribution in [-0.4, -0.2) is 12.3 Å². The zero-order valence-electron chi connectivity index (χ0n) is 12.5. The molecule has 0 bridgehead atoms. The first kappa shape index (κ1) is 14.4. The van der Waals surface area contributed by atoms with E-state index in [-0.39, 0.29) is 11.7 Å². The van der Waals surface area contributed by atoms with Crippen LogP contribution in [0.1, 0.15) is 54.8 Å². The van der Waals surface area contributed by atoms with E-state index in [0.717, 1.165) is 17.5 Å². The van der Waals surface area contributed by atoms with E-state index in [1.807, 2.05) is 13.8 Å². The summed E-state index contributed by atoms with van der Waals surface area (Å²) in [6, 6.07) is 2.15. The lowest BCUT2D eigenvalue weighted by Crippen LogP contribution is -2.17. The molecule has 0 spiro atoms. The summed E-state index contributed by atoms with van der Waals surface area (Å²) in [5.41, 5.74) is 7.25. The molecule has 0 amide bonds. The molecule has 112 valence electrons. The first-order valence-corrected chi connectivity index (χ1v) is 8.40. The second kappa shape index (κ2) is 5.03. The lowest BCUT2D eigenvalue weighted by molar-refractivity contribution is 0.0944. The molecule has 3 rings (SSSR count). The summed E-state index contributed by atoms with van der Waals surface area (Å²) >= 11 is 1.34. The summed E-state index contributed by atoms with van der Waals surface area (Å²) in [5, 5.41) is 13.5. The molecule has 21 heavy (non-hydrogen) atoms. The summed E-state index contributed by atoms with van der Waals surface area (Å²) in [4.78, 5) is 12.7. The van der Waals surface area contributed by atoms with Gasteiger partial charge in [0.15, 0.2) is 5.78 Å². The van der Waals surface area contributed by atoms with Crippen molar-refractivity contribution in [3.63, 3.8) is 0 Å². The van der Waals surface area contributed by atoms with Gasteiger partial charge in [-0.15, -0.1) is 11.3 Å². The molecular formula is C16H21N3OS. The van der Waals surface area contributed by atoms with Gasteiger partial charge in [-0.2, -0.15) is 5.26 Å². The largest absolute Gasteiger partial charge is 0.396 e. The molecule has 2 fully saturated rings. The van der Waals surface area contributed by atoms with Crippen molar-refractivity contribution in [2.45, 2.75) is 39.5 Å². The van der Waals surface area contributed by atoms with Crippen molar-refractivity contribution in [3.05, 3.63) is 10.4 Å². The van der Waals surface area contributed by atoms with Crippen molar-refractivity contribution < 1.29 is 4.79 Å². The number of rotatable bonds is 6. The molecule has 2 aliphatic rings. The van der Waals surface area contributed by atoms with Gasteiger partial charge in [0, 0.05) is 12.5 Å². The molecular weight excluding hydrogens is 282 g/mol. The number of ketones is 1. The Kier molecular flexibility index (Phi) is 3.45. The van der Waals surface area contributed by atoms with E-state index in [0.29, 0.717) is 21.5 Å². The number of anilines is 2. The summed E-state index contributed by atoms with van der Waals surface area (Å²) in [5.74, 6) is 0.779. The average Bonchev–Trinajstić information content (AvgIpc) is 3.33. The molecule has 0 radical (unpaired) electrons. The lowest BCUT2D eigenvalue weighted by Gasteiger charge is -2.15. The third-order valence-electron chi connectivity index (χ3n) is 4.74. The Morgan fingerprint density at radius 3 is 2.67 bits per heavy atom. The predicted molar refractivity (Wildman–Crippen MR) is 85.5 cm³/mol. The SMILES string of the molecule is CC(C)C(=O)c1sc(NCC2(C3CC3)CC2)c(C#N)c1N. The zero-order chi connectivity index (χ0) is 15.2. The Bertz CT molecular complexity index is 618. The number of thiophene rings is 1. The Morgan fingerprint density at radius 1 is 1.52 bits per heavy atom. The highest BCUT2D eigenvalue weighted by atomic mass is 32.1. The molecule has 0 aromatic carbocycles. The number of nitrogens with zero attached hydrogens (tertiary/aromatic N) is 1. The summed E-state index contributed by atoms with van der Waals surface area (Å²) < 4.78 is 0. The third kappa shape index (κ3) is 2.53. The van der Waals surface area contributed by atoms with E-state index in [9.17, 15) is 10.1 Å². The molecule has 3 N–H and O–H groups in total. The Labute approximate surface area is 129 Å². The first-order chi connectivity index (χ1) is 9.98. The van der Waals surface area contributed by atoms with Crippen molar-refractivity contribution >= 4 is 27.8 Å². The summed E-state index contributed by atoms with van der Waals surface area (Å²) in [7, 11) is 0. The average molecular weight is 303 g/mol. The van der Waals surface area contributed by atoms with Gasteiger partial charge < -0.3 is 11.1 Å². The fourth-order valence-electron chi connectivity index (χ4n) is 2.97. The number of hydrogen-bond donors (Lipinski definition) is 2. The number of nitrogens with one attached hydrogen (secondary N) is 1. The molecule has 0 atom stereocenters. The molecule has 1 aromatic rings. The van der Waals surface area contributed by atoms with Crippen LogP contribution in [0, 0.1) is 28.6 Å². The van der Waals surface area contributed by atoms with E-state index in [1.165, 1.54) is 37.0 Å². The number of carbonyl (C=O) groups is 1. The quantitative estimate of drug-likeness (QED) is 0.786. The normalized spacial score (nSPS) is 19.3. The van der Waals surface area contributed by atoms with E-state index >= 15 is 0 Å². The van der Waals surface area contributed by atoms with E-state index in [2.05, 4.69) is 11.4 Å². The molecule has 5 heteroatoms. The van der Waals surface area contributed by atoms with Gasteiger partial charge in [-0.25, -0.2) is 0 Å². The van der Waals surface area contributed by atoms with Crippen LogP contribution in [0.15, 0.2) is 0 Å². The fourth-order valence-corrected chi connectivity index (χ4v) is 4.12. The van der Waals surface area contributed by atoms with Crippen molar-refractivity contribution in [1.82, 2.24) is 0 Å². The van der Waals surface area contributed by atoms with Crippen LogP contribution in [0.25, 0.3) is 0 Å². The van der Waals surface area contributed by atoms with Gasteiger partial charge in [-0.05, 0) is 37.0 Å². The molecule has 1 heterocycles. The highest BCUT2D eigenvalue weighted by Gasteiger charge is 2.53. The summed E-state index contributed by atoms with van der Waals surface area (Å²) in [6.45, 7) is 4.61. The molecule has 0 aliphatic heterocycles. The maximum atomic E-state index is 12.2. The van der Waals surface area contributed by atoms with Gasteiger partial charge in [-0.1, -0.05) is 13.8 Å². The topological polar surface area (TPSA) is 78.9 Å². The van der Waals surface area contributed by atoms with Gasteiger partial charge >= 0.3 is 0 Å². The van der Waals surface area contributed by atoms with Crippen LogP contribution in [0.5, 0.6) is 0 Å². The maximum Gasteiger partial charge on any atom is 0.177 e. The van der Waals surface area contributed by atoms with E-state index < -0.39 is 0 Å². The number of Topliss-reactive ketones (excluding diaryl/α,β-unsaturated/α-hetero) is 1. The van der Waals surface area contributed by atoms with Gasteiger partial charge in [0.1, 0.15) is 16.6 Å². The van der Waals surface area contributed by atoms with Gasteiger partial charge in [-0.3, -0.25) is 4.79 Å². The number of nitriles is 1. The zero-order valence-corrected chi connectivity index (χ0v) is 13.3. The Hall–Kier alpha value is -1.54. The van der Waals surface area contributed by atoms with Gasteiger partial charge in [0.05, 0.1) is 10.6 Å². The van der Waals surface area contributed by atoms with Gasteiger partial charge in [0.2, 0.25) is 0 Å². The number of carbonyl (C=O) groups excluding carboxylic acids is 1. The minimum Gasteiger partial charge on any atom is -0.396 e. The number of nitrogen functional groups attached to an aromatic ring is 1. The Morgan fingerprint density at radius 2 is 2.19 bits per heavy atom. The molecule has 0 unspecified atom stereocenters. The predicted octanol–water partition coefficient (Wildman–Crippen LogP) is 3.64. The van der Waals surface area contributed by atoms with Crippen molar-refractivity contribution in [1.29, 1.82) is 5.26 Å². The monoisotopic (exact) mass is 303 g/mol. The molecule has 0 saturated heterocycles. The van der Waals surface area contributed by atoms with Crippen LogP contribution < -0.4 is 11.1 Å². The first-order valence-electron chi connectivity index (χ1n) is 7.59. The van der Waals surface area contributed by atoms with E-state index in [1.54, 1.807) is 0 Å². The lowest BCUT2D eigenvalue weighted by atomic mass is 10.0. The Balaban J connectivity index is 1.80. The smallest absolute Gasteiger partial charge is 0.177 e. The third-order valence-corrected chi connectivity index (χ3v) is 5.92. The van der Waals surface area contributed by atoms with Crippen LogP contribution in [0.2, 0.25) is 0 Å². The molecule has 1 aromatic heterocycles. The van der Waals surface area contributed by atoms with Crippen LogP contribution >= 0.6 is 11.3 Å².